The van der Waals surface area contributed by atoms with Crippen molar-refractivity contribution in [1.82, 2.24) is 0 Å². The Balaban J connectivity index is 2.04. The molecular weight excluding hydrogens is 258 g/mol. The topological polar surface area (TPSA) is 55.5 Å². The van der Waals surface area contributed by atoms with Gasteiger partial charge in [-0.05, 0) is 24.5 Å². The van der Waals surface area contributed by atoms with Crippen LogP contribution in [0.3, 0.4) is 0 Å². The molecule has 0 heterocycles. The lowest BCUT2D eigenvalue weighted by Crippen LogP contribution is -2.11. The van der Waals surface area contributed by atoms with Crippen molar-refractivity contribution in [2.75, 3.05) is 18.6 Å². The second-order valence-corrected chi connectivity index (χ2v) is 4.95. The van der Waals surface area contributed by atoms with Crippen LogP contribution in [0, 0.1) is 0 Å². The minimum Gasteiger partial charge on any atom is -0.489 e. The van der Waals surface area contributed by atoms with Gasteiger partial charge in [0.25, 0.3) is 0 Å². The lowest BCUT2D eigenvalue weighted by atomic mass is 10.1. The van der Waals surface area contributed by atoms with Crippen LogP contribution < -0.4 is 10.5 Å². The van der Waals surface area contributed by atoms with E-state index in [0.717, 1.165) is 10.6 Å². The molecule has 3 N–H and O–H groups in total. The van der Waals surface area contributed by atoms with Crippen molar-refractivity contribution in [3.8, 4) is 5.75 Å². The number of hydrogen-bond donors (Lipinski definition) is 2. The highest BCUT2D eigenvalue weighted by Crippen LogP contribution is 2.28. The quantitative estimate of drug-likeness (QED) is 0.650. The minimum absolute atomic E-state index is 0.186. The van der Waals surface area contributed by atoms with E-state index in [2.05, 4.69) is 0 Å². The highest BCUT2D eigenvalue weighted by Gasteiger charge is 2.12. The minimum atomic E-state index is -0.726. The van der Waals surface area contributed by atoms with Crippen molar-refractivity contribution in [3.63, 3.8) is 0 Å². The van der Waals surface area contributed by atoms with Crippen molar-refractivity contribution < 1.29 is 9.84 Å². The number of para-hydroxylation sites is 2. The molecule has 100 valence electrons. The third-order valence-electron chi connectivity index (χ3n) is 2.82. The van der Waals surface area contributed by atoms with E-state index in [0.29, 0.717) is 11.3 Å². The Morgan fingerprint density at radius 2 is 1.84 bits per heavy atom. The number of benzene rings is 2. The number of thioether (sulfide) groups is 1. The number of hydrogen-bond acceptors (Lipinski definition) is 4. The maximum Gasteiger partial charge on any atom is 0.132 e. The van der Waals surface area contributed by atoms with Crippen LogP contribution in [0.1, 0.15) is 11.7 Å². The fraction of sp³-hybridized carbons (Fsp3) is 0.200. The molecule has 1 atom stereocenters. The lowest BCUT2D eigenvalue weighted by Gasteiger charge is -2.15. The van der Waals surface area contributed by atoms with Gasteiger partial charge in [0.05, 0.1) is 0 Å². The standard InChI is InChI=1S/C15H17NO2S/c1-19-15-9-5-4-8-14(15)18-10-13(17)11-6-2-3-7-12(11)16/h2-9,13,17H,10,16H2,1H3. The summed E-state index contributed by atoms with van der Waals surface area (Å²) in [6.45, 7) is 0.186. The number of aliphatic hydroxyl groups is 1. The maximum absolute atomic E-state index is 10.1. The van der Waals surface area contributed by atoms with Gasteiger partial charge < -0.3 is 15.6 Å². The van der Waals surface area contributed by atoms with E-state index in [1.165, 1.54) is 0 Å². The molecule has 0 amide bonds. The second-order valence-electron chi connectivity index (χ2n) is 4.11. The van der Waals surface area contributed by atoms with Crippen molar-refractivity contribution >= 4 is 17.4 Å². The number of aliphatic hydroxyl groups excluding tert-OH is 1. The monoisotopic (exact) mass is 275 g/mol. The van der Waals surface area contributed by atoms with Gasteiger partial charge in [-0.3, -0.25) is 0 Å². The Labute approximate surface area is 117 Å². The van der Waals surface area contributed by atoms with Gasteiger partial charge in [-0.25, -0.2) is 0 Å². The molecule has 19 heavy (non-hydrogen) atoms. The summed E-state index contributed by atoms with van der Waals surface area (Å²) in [5, 5.41) is 10.1. The van der Waals surface area contributed by atoms with Gasteiger partial charge in [0.15, 0.2) is 0 Å². The summed E-state index contributed by atoms with van der Waals surface area (Å²) in [4.78, 5) is 1.05. The Hall–Kier alpha value is -1.65. The molecule has 0 bridgehead atoms. The van der Waals surface area contributed by atoms with E-state index >= 15 is 0 Å². The van der Waals surface area contributed by atoms with Crippen LogP contribution in [-0.4, -0.2) is 18.0 Å². The van der Waals surface area contributed by atoms with Gasteiger partial charge in [-0.1, -0.05) is 30.3 Å². The van der Waals surface area contributed by atoms with Gasteiger partial charge in [0.2, 0.25) is 0 Å². The first-order valence-electron chi connectivity index (χ1n) is 6.00. The van der Waals surface area contributed by atoms with Crippen molar-refractivity contribution in [2.24, 2.45) is 0 Å². The Bertz CT molecular complexity index is 545. The van der Waals surface area contributed by atoms with Crippen molar-refractivity contribution in [3.05, 3.63) is 54.1 Å². The first kappa shape index (κ1) is 13.8. The van der Waals surface area contributed by atoms with Gasteiger partial charge >= 0.3 is 0 Å². The van der Waals surface area contributed by atoms with E-state index in [9.17, 15) is 5.11 Å². The molecule has 0 spiro atoms. The molecule has 0 radical (unpaired) electrons. The summed E-state index contributed by atoms with van der Waals surface area (Å²) in [6.07, 6.45) is 1.27. The van der Waals surface area contributed by atoms with Crippen LogP contribution in [-0.2, 0) is 0 Å². The largest absolute Gasteiger partial charge is 0.489 e. The number of rotatable bonds is 5. The molecule has 2 aromatic rings. The predicted octanol–water partition coefficient (Wildman–Crippen LogP) is 3.10. The predicted molar refractivity (Wildman–Crippen MR) is 79.5 cm³/mol. The van der Waals surface area contributed by atoms with Crippen LogP contribution in [0.15, 0.2) is 53.4 Å². The van der Waals surface area contributed by atoms with Gasteiger partial charge in [0.1, 0.15) is 18.5 Å². The fourth-order valence-corrected chi connectivity index (χ4v) is 2.35. The molecule has 1 unspecified atom stereocenters. The van der Waals surface area contributed by atoms with Gasteiger partial charge in [-0.2, -0.15) is 0 Å². The molecule has 0 saturated carbocycles. The van der Waals surface area contributed by atoms with Crippen LogP contribution in [0.2, 0.25) is 0 Å². The highest BCUT2D eigenvalue weighted by molar-refractivity contribution is 7.98. The Morgan fingerprint density at radius 3 is 2.58 bits per heavy atom. The van der Waals surface area contributed by atoms with E-state index in [1.54, 1.807) is 17.8 Å². The molecule has 4 heteroatoms. The first-order chi connectivity index (χ1) is 9.22. The van der Waals surface area contributed by atoms with Crippen molar-refractivity contribution in [1.29, 1.82) is 0 Å². The first-order valence-corrected chi connectivity index (χ1v) is 7.23. The lowest BCUT2D eigenvalue weighted by molar-refractivity contribution is 0.107. The third kappa shape index (κ3) is 3.43. The molecule has 0 aromatic heterocycles. The van der Waals surface area contributed by atoms with Crippen molar-refractivity contribution in [2.45, 2.75) is 11.0 Å². The number of ether oxygens (including phenoxy) is 1. The van der Waals surface area contributed by atoms with E-state index < -0.39 is 6.10 Å². The molecule has 3 nitrogen and oxygen atoms in total. The fourth-order valence-electron chi connectivity index (χ4n) is 1.81. The number of nitrogen functional groups attached to an aromatic ring is 1. The van der Waals surface area contributed by atoms with Gasteiger partial charge in [0, 0.05) is 16.1 Å². The van der Waals surface area contributed by atoms with E-state index in [-0.39, 0.29) is 6.61 Å². The average molecular weight is 275 g/mol. The molecule has 2 rings (SSSR count). The van der Waals surface area contributed by atoms with Crippen LogP contribution in [0.25, 0.3) is 0 Å². The number of anilines is 1. The number of nitrogens with two attached hydrogens (primary N) is 1. The van der Waals surface area contributed by atoms with E-state index in [4.69, 9.17) is 10.5 Å². The highest BCUT2D eigenvalue weighted by atomic mass is 32.2. The molecule has 0 aliphatic heterocycles. The zero-order valence-electron chi connectivity index (χ0n) is 10.7. The summed E-state index contributed by atoms with van der Waals surface area (Å²) in [5.41, 5.74) is 7.11. The summed E-state index contributed by atoms with van der Waals surface area (Å²) in [6, 6.07) is 15.0. The summed E-state index contributed by atoms with van der Waals surface area (Å²) in [5.74, 6) is 0.781. The maximum atomic E-state index is 10.1. The van der Waals surface area contributed by atoms with Crippen LogP contribution in [0.5, 0.6) is 5.75 Å². The summed E-state index contributed by atoms with van der Waals surface area (Å²) < 4.78 is 5.67. The zero-order valence-corrected chi connectivity index (χ0v) is 11.6. The summed E-state index contributed by atoms with van der Waals surface area (Å²) >= 11 is 1.61. The Morgan fingerprint density at radius 1 is 1.16 bits per heavy atom. The van der Waals surface area contributed by atoms with Crippen LogP contribution in [0.4, 0.5) is 5.69 Å². The molecule has 0 aliphatic carbocycles. The second kappa shape index (κ2) is 6.50. The third-order valence-corrected chi connectivity index (χ3v) is 3.60. The molecule has 2 aromatic carbocycles. The SMILES string of the molecule is CSc1ccccc1OCC(O)c1ccccc1N. The molecule has 0 fully saturated rings. The molecule has 0 saturated heterocycles. The van der Waals surface area contributed by atoms with Gasteiger partial charge in [-0.15, -0.1) is 11.8 Å². The smallest absolute Gasteiger partial charge is 0.132 e. The normalized spacial score (nSPS) is 12.1. The zero-order chi connectivity index (χ0) is 13.7. The molecule has 0 aliphatic rings. The van der Waals surface area contributed by atoms with E-state index in [1.807, 2.05) is 48.7 Å². The van der Waals surface area contributed by atoms with Crippen LogP contribution >= 0.6 is 11.8 Å². The Kier molecular flexibility index (Phi) is 4.71. The molecular formula is C15H17NO2S. The summed E-state index contributed by atoms with van der Waals surface area (Å²) in [7, 11) is 0. The average Bonchev–Trinajstić information content (AvgIpc) is 2.45.